The first-order valence-electron chi connectivity index (χ1n) is 6.55. The molecule has 0 aliphatic heterocycles. The SMILES string of the molecule is C=CS(=O)(=O)CCC(=O)Nc1nc(C)n(-c2ccccc2)n1. The van der Waals surface area contributed by atoms with Crippen LogP contribution in [0.15, 0.2) is 42.3 Å². The van der Waals surface area contributed by atoms with Crippen LogP contribution in [0.25, 0.3) is 5.69 Å². The van der Waals surface area contributed by atoms with Gasteiger partial charge in [0.15, 0.2) is 9.84 Å². The predicted octanol–water partition coefficient (Wildman–Crippen LogP) is 1.46. The lowest BCUT2D eigenvalue weighted by atomic mass is 10.3. The van der Waals surface area contributed by atoms with Gasteiger partial charge in [0.2, 0.25) is 11.9 Å². The Hall–Kier alpha value is -2.48. The van der Waals surface area contributed by atoms with Crippen molar-refractivity contribution in [3.63, 3.8) is 0 Å². The number of rotatable bonds is 6. The van der Waals surface area contributed by atoms with E-state index in [0.717, 1.165) is 11.1 Å². The van der Waals surface area contributed by atoms with Crippen molar-refractivity contribution in [1.29, 1.82) is 0 Å². The van der Waals surface area contributed by atoms with Gasteiger partial charge in [-0.2, -0.15) is 4.98 Å². The average molecular weight is 320 g/mol. The van der Waals surface area contributed by atoms with Crippen molar-refractivity contribution in [3.05, 3.63) is 48.1 Å². The fraction of sp³-hybridized carbons (Fsp3) is 0.214. The van der Waals surface area contributed by atoms with E-state index in [0.29, 0.717) is 5.82 Å². The summed E-state index contributed by atoms with van der Waals surface area (Å²) >= 11 is 0. The maximum Gasteiger partial charge on any atom is 0.249 e. The molecule has 2 rings (SSSR count). The van der Waals surface area contributed by atoms with E-state index in [-0.39, 0.29) is 18.1 Å². The Kier molecular flexibility index (Phi) is 4.71. The Morgan fingerprint density at radius 1 is 1.36 bits per heavy atom. The van der Waals surface area contributed by atoms with Crippen molar-refractivity contribution in [3.8, 4) is 5.69 Å². The molecule has 0 fully saturated rings. The Morgan fingerprint density at radius 3 is 2.68 bits per heavy atom. The standard InChI is InChI=1S/C14H16N4O3S/c1-3-22(20,21)10-9-13(19)16-14-15-11(2)18(17-14)12-7-5-4-6-8-12/h3-8H,1,9-10H2,2H3,(H,16,17,19). The van der Waals surface area contributed by atoms with Crippen LogP contribution in [-0.2, 0) is 14.6 Å². The van der Waals surface area contributed by atoms with Crippen LogP contribution < -0.4 is 5.32 Å². The summed E-state index contributed by atoms with van der Waals surface area (Å²) in [7, 11) is -3.40. The second-order valence-electron chi connectivity index (χ2n) is 4.56. The van der Waals surface area contributed by atoms with Crippen LogP contribution in [0.4, 0.5) is 5.95 Å². The van der Waals surface area contributed by atoms with E-state index in [1.165, 1.54) is 0 Å². The molecule has 0 aliphatic rings. The number of para-hydroxylation sites is 1. The molecule has 0 spiro atoms. The third-order valence-electron chi connectivity index (χ3n) is 2.89. The zero-order valence-electron chi connectivity index (χ0n) is 12.1. The fourth-order valence-electron chi connectivity index (χ4n) is 1.76. The first-order chi connectivity index (χ1) is 10.4. The van der Waals surface area contributed by atoms with Crippen LogP contribution in [-0.4, -0.2) is 34.8 Å². The number of hydrogen-bond acceptors (Lipinski definition) is 5. The largest absolute Gasteiger partial charge is 0.293 e. The molecule has 22 heavy (non-hydrogen) atoms. The summed E-state index contributed by atoms with van der Waals surface area (Å²) in [6.07, 6.45) is -0.173. The monoisotopic (exact) mass is 320 g/mol. The number of carbonyl (C=O) groups excluding carboxylic acids is 1. The number of nitrogens with zero attached hydrogens (tertiary/aromatic N) is 3. The maximum atomic E-state index is 11.7. The lowest BCUT2D eigenvalue weighted by molar-refractivity contribution is -0.115. The summed E-state index contributed by atoms with van der Waals surface area (Å²) in [5.74, 6) is -0.000959. The van der Waals surface area contributed by atoms with Crippen molar-refractivity contribution in [1.82, 2.24) is 14.8 Å². The summed E-state index contributed by atoms with van der Waals surface area (Å²) < 4.78 is 24.1. The minimum absolute atomic E-state index is 0.141. The number of benzene rings is 1. The van der Waals surface area contributed by atoms with Crippen molar-refractivity contribution >= 4 is 21.7 Å². The van der Waals surface area contributed by atoms with Gasteiger partial charge in [0.05, 0.1) is 11.4 Å². The van der Waals surface area contributed by atoms with Crippen LogP contribution in [0.1, 0.15) is 12.2 Å². The van der Waals surface area contributed by atoms with Gasteiger partial charge >= 0.3 is 0 Å². The Balaban J connectivity index is 2.06. The van der Waals surface area contributed by atoms with Gasteiger partial charge in [-0.1, -0.05) is 24.8 Å². The number of sulfone groups is 1. The van der Waals surface area contributed by atoms with Crippen LogP contribution in [0, 0.1) is 6.92 Å². The molecule has 0 aliphatic carbocycles. The van der Waals surface area contributed by atoms with Gasteiger partial charge in [0, 0.05) is 11.8 Å². The molecule has 0 saturated heterocycles. The third kappa shape index (κ3) is 4.01. The molecule has 0 unspecified atom stereocenters. The number of nitrogens with one attached hydrogen (secondary N) is 1. The van der Waals surface area contributed by atoms with Gasteiger partial charge in [-0.3, -0.25) is 10.1 Å². The number of anilines is 1. The zero-order valence-corrected chi connectivity index (χ0v) is 12.9. The first kappa shape index (κ1) is 15.9. The zero-order chi connectivity index (χ0) is 16.2. The van der Waals surface area contributed by atoms with Gasteiger partial charge in [0.1, 0.15) is 5.82 Å². The molecule has 0 saturated carbocycles. The molecule has 0 radical (unpaired) electrons. The number of carbonyl (C=O) groups is 1. The highest BCUT2D eigenvalue weighted by atomic mass is 32.2. The van der Waals surface area contributed by atoms with E-state index in [1.807, 2.05) is 30.3 Å². The number of aryl methyl sites for hydroxylation is 1. The van der Waals surface area contributed by atoms with Crippen molar-refractivity contribution < 1.29 is 13.2 Å². The van der Waals surface area contributed by atoms with Gasteiger partial charge in [-0.05, 0) is 19.1 Å². The molecule has 1 amide bonds. The lowest BCUT2D eigenvalue weighted by Crippen LogP contribution is -2.17. The minimum atomic E-state index is -3.40. The summed E-state index contributed by atoms with van der Waals surface area (Å²) in [6, 6.07) is 9.36. The predicted molar refractivity (Wildman–Crippen MR) is 83.3 cm³/mol. The van der Waals surface area contributed by atoms with Crippen molar-refractivity contribution in [2.75, 3.05) is 11.1 Å². The highest BCUT2D eigenvalue weighted by Crippen LogP contribution is 2.11. The second kappa shape index (κ2) is 6.52. The Morgan fingerprint density at radius 2 is 2.05 bits per heavy atom. The fourth-order valence-corrected chi connectivity index (χ4v) is 2.40. The molecule has 2 aromatic rings. The number of amides is 1. The van der Waals surface area contributed by atoms with Crippen LogP contribution in [0.5, 0.6) is 0 Å². The molecule has 7 nitrogen and oxygen atoms in total. The molecular weight excluding hydrogens is 304 g/mol. The van der Waals surface area contributed by atoms with Gasteiger partial charge < -0.3 is 0 Å². The quantitative estimate of drug-likeness (QED) is 0.869. The van der Waals surface area contributed by atoms with Gasteiger partial charge in [-0.25, -0.2) is 13.1 Å². The Labute approximate surface area is 128 Å². The average Bonchev–Trinajstić information content (AvgIpc) is 2.87. The van der Waals surface area contributed by atoms with E-state index >= 15 is 0 Å². The van der Waals surface area contributed by atoms with Gasteiger partial charge in [0.25, 0.3) is 0 Å². The highest BCUT2D eigenvalue weighted by molar-refractivity contribution is 7.94. The first-order valence-corrected chi connectivity index (χ1v) is 8.27. The number of aromatic nitrogens is 3. The third-order valence-corrected chi connectivity index (χ3v) is 4.17. The summed E-state index contributed by atoms with van der Waals surface area (Å²) in [5, 5.41) is 7.52. The summed E-state index contributed by atoms with van der Waals surface area (Å²) in [4.78, 5) is 15.9. The molecule has 0 bridgehead atoms. The summed E-state index contributed by atoms with van der Waals surface area (Å²) in [5.41, 5.74) is 0.822. The molecule has 1 heterocycles. The normalized spacial score (nSPS) is 11.1. The summed E-state index contributed by atoms with van der Waals surface area (Å²) in [6.45, 7) is 4.96. The van der Waals surface area contributed by atoms with Crippen molar-refractivity contribution in [2.45, 2.75) is 13.3 Å². The van der Waals surface area contributed by atoms with E-state index in [1.54, 1.807) is 11.6 Å². The molecular formula is C14H16N4O3S. The highest BCUT2D eigenvalue weighted by Gasteiger charge is 2.13. The van der Waals surface area contributed by atoms with E-state index in [2.05, 4.69) is 22.0 Å². The molecule has 0 atom stereocenters. The van der Waals surface area contributed by atoms with E-state index < -0.39 is 15.7 Å². The molecule has 1 N–H and O–H groups in total. The van der Waals surface area contributed by atoms with E-state index in [9.17, 15) is 13.2 Å². The smallest absolute Gasteiger partial charge is 0.249 e. The van der Waals surface area contributed by atoms with Crippen LogP contribution >= 0.6 is 0 Å². The molecule has 116 valence electrons. The van der Waals surface area contributed by atoms with Crippen LogP contribution in [0.2, 0.25) is 0 Å². The molecule has 1 aromatic carbocycles. The number of hydrogen-bond donors (Lipinski definition) is 1. The van der Waals surface area contributed by atoms with Crippen molar-refractivity contribution in [2.24, 2.45) is 0 Å². The van der Waals surface area contributed by atoms with E-state index in [4.69, 9.17) is 0 Å². The molecule has 1 aromatic heterocycles. The lowest BCUT2D eigenvalue weighted by Gasteiger charge is -2.01. The van der Waals surface area contributed by atoms with Crippen LogP contribution in [0.3, 0.4) is 0 Å². The minimum Gasteiger partial charge on any atom is -0.293 e. The maximum absolute atomic E-state index is 11.7. The molecule has 8 heteroatoms. The Bertz CT molecular complexity index is 782. The van der Waals surface area contributed by atoms with Gasteiger partial charge in [-0.15, -0.1) is 5.10 Å². The topological polar surface area (TPSA) is 94.0 Å². The second-order valence-corrected chi connectivity index (χ2v) is 6.63.